The molecule has 3 nitrogen and oxygen atoms in total. The molecule has 0 saturated carbocycles. The van der Waals surface area contributed by atoms with Crippen molar-refractivity contribution in [3.8, 4) is 0 Å². The van der Waals surface area contributed by atoms with Crippen LogP contribution in [-0.4, -0.2) is 41.4 Å². The van der Waals surface area contributed by atoms with E-state index in [0.29, 0.717) is 13.1 Å². The number of hydrogen-bond acceptors (Lipinski definition) is 3. The Hall–Kier alpha value is -1.68. The van der Waals surface area contributed by atoms with Crippen molar-refractivity contribution in [2.75, 3.05) is 26.3 Å². The van der Waals surface area contributed by atoms with E-state index in [1.165, 1.54) is 16.3 Å². The van der Waals surface area contributed by atoms with Crippen LogP contribution in [0, 0.1) is 0 Å². The number of fused-ring (bicyclic) bond motifs is 1. The van der Waals surface area contributed by atoms with Crippen molar-refractivity contribution in [2.24, 2.45) is 0 Å². The fourth-order valence-corrected chi connectivity index (χ4v) is 2.49. The highest BCUT2D eigenvalue weighted by Gasteiger charge is 2.09. The molecule has 0 spiro atoms. The van der Waals surface area contributed by atoms with Crippen LogP contribution in [0.4, 0.5) is 0 Å². The van der Waals surface area contributed by atoms with Gasteiger partial charge < -0.3 is 10.2 Å². The van der Waals surface area contributed by atoms with Crippen LogP contribution in [0.15, 0.2) is 43.0 Å². The molecule has 2 aromatic rings. The summed E-state index contributed by atoms with van der Waals surface area (Å²) in [5, 5.41) is 20.6. The molecule has 0 amide bonds. The summed E-state index contributed by atoms with van der Waals surface area (Å²) in [7, 11) is 0. The summed E-state index contributed by atoms with van der Waals surface area (Å²) in [5.41, 5.74) is 2.33. The number of rotatable bonds is 7. The molecule has 3 heteroatoms. The van der Waals surface area contributed by atoms with E-state index in [4.69, 9.17) is 10.2 Å². The van der Waals surface area contributed by atoms with Crippen LogP contribution in [0.3, 0.4) is 0 Å². The first-order chi connectivity index (χ1) is 9.80. The van der Waals surface area contributed by atoms with Gasteiger partial charge in [0.2, 0.25) is 0 Å². The molecule has 0 aromatic heterocycles. The number of nitrogens with zero attached hydrogens (tertiary/aromatic N) is 1. The zero-order valence-electron chi connectivity index (χ0n) is 11.6. The molecule has 2 N–H and O–H groups in total. The summed E-state index contributed by atoms with van der Waals surface area (Å²) in [6.45, 7) is 5.91. The Balaban J connectivity index is 2.36. The van der Waals surface area contributed by atoms with Gasteiger partial charge in [0, 0.05) is 19.6 Å². The molecule has 20 heavy (non-hydrogen) atoms. The molecule has 0 fully saturated rings. The zero-order chi connectivity index (χ0) is 14.4. The van der Waals surface area contributed by atoms with E-state index in [0.717, 1.165) is 12.1 Å². The van der Waals surface area contributed by atoms with Crippen molar-refractivity contribution >= 4 is 16.8 Å². The van der Waals surface area contributed by atoms with E-state index in [-0.39, 0.29) is 13.2 Å². The summed E-state index contributed by atoms with van der Waals surface area (Å²) in [4.78, 5) is 2.05. The van der Waals surface area contributed by atoms with Gasteiger partial charge in [-0.1, -0.05) is 49.1 Å². The minimum Gasteiger partial charge on any atom is -0.395 e. The average Bonchev–Trinajstić information content (AvgIpc) is 2.48. The molecule has 0 aliphatic heterocycles. The van der Waals surface area contributed by atoms with Gasteiger partial charge in [0.15, 0.2) is 0 Å². The highest BCUT2D eigenvalue weighted by atomic mass is 16.3. The van der Waals surface area contributed by atoms with Crippen LogP contribution in [0.5, 0.6) is 0 Å². The maximum absolute atomic E-state index is 9.10. The third-order valence-electron chi connectivity index (χ3n) is 3.49. The van der Waals surface area contributed by atoms with Crippen LogP contribution in [0.1, 0.15) is 11.1 Å². The Morgan fingerprint density at radius 2 is 1.60 bits per heavy atom. The Morgan fingerprint density at radius 1 is 0.950 bits per heavy atom. The van der Waals surface area contributed by atoms with Crippen LogP contribution in [0.25, 0.3) is 16.8 Å². The van der Waals surface area contributed by atoms with Crippen LogP contribution in [-0.2, 0) is 6.54 Å². The molecule has 0 bridgehead atoms. The number of aliphatic hydroxyl groups excluding tert-OH is 2. The van der Waals surface area contributed by atoms with Crippen LogP contribution < -0.4 is 0 Å². The first kappa shape index (κ1) is 14.7. The summed E-state index contributed by atoms with van der Waals surface area (Å²) in [6.07, 6.45) is 1.87. The summed E-state index contributed by atoms with van der Waals surface area (Å²) >= 11 is 0. The molecule has 0 aliphatic rings. The molecule has 2 rings (SSSR count). The molecule has 2 aromatic carbocycles. The predicted molar refractivity (Wildman–Crippen MR) is 83.5 cm³/mol. The van der Waals surface area contributed by atoms with Gasteiger partial charge >= 0.3 is 0 Å². The van der Waals surface area contributed by atoms with E-state index in [9.17, 15) is 0 Å². The van der Waals surface area contributed by atoms with Gasteiger partial charge in [-0.3, -0.25) is 4.90 Å². The summed E-state index contributed by atoms with van der Waals surface area (Å²) in [5.74, 6) is 0. The lowest BCUT2D eigenvalue weighted by Gasteiger charge is -2.21. The molecule has 0 heterocycles. The lowest BCUT2D eigenvalue weighted by molar-refractivity contribution is 0.156. The minimum absolute atomic E-state index is 0.0999. The second kappa shape index (κ2) is 7.20. The van der Waals surface area contributed by atoms with Gasteiger partial charge in [-0.05, 0) is 21.9 Å². The van der Waals surface area contributed by atoms with Crippen molar-refractivity contribution in [3.63, 3.8) is 0 Å². The summed E-state index contributed by atoms with van der Waals surface area (Å²) in [6, 6.07) is 12.4. The Kier molecular flexibility index (Phi) is 5.30. The maximum atomic E-state index is 9.10. The Bertz CT molecular complexity index is 574. The van der Waals surface area contributed by atoms with E-state index in [2.05, 4.69) is 35.7 Å². The smallest absolute Gasteiger partial charge is 0.0558 e. The van der Waals surface area contributed by atoms with E-state index < -0.39 is 0 Å². The molecule has 0 radical (unpaired) electrons. The van der Waals surface area contributed by atoms with Crippen molar-refractivity contribution in [2.45, 2.75) is 6.54 Å². The fourth-order valence-electron chi connectivity index (χ4n) is 2.49. The first-order valence-corrected chi connectivity index (χ1v) is 6.87. The predicted octanol–water partition coefficient (Wildman–Crippen LogP) is 2.27. The first-order valence-electron chi connectivity index (χ1n) is 6.87. The third kappa shape index (κ3) is 3.25. The highest BCUT2D eigenvalue weighted by molar-refractivity contribution is 5.92. The van der Waals surface area contributed by atoms with Crippen LogP contribution in [0.2, 0.25) is 0 Å². The van der Waals surface area contributed by atoms with E-state index >= 15 is 0 Å². The standard InChI is InChI=1S/C17H21NO2/c1-2-14-7-8-15(13-18(9-11-19)10-12-20)17-6-4-3-5-16(14)17/h2-8,19-20H,1,9-13H2. The normalized spacial score (nSPS) is 11.2. The third-order valence-corrected chi connectivity index (χ3v) is 3.49. The van der Waals surface area contributed by atoms with Crippen molar-refractivity contribution < 1.29 is 10.2 Å². The van der Waals surface area contributed by atoms with Gasteiger partial charge in [0.1, 0.15) is 0 Å². The van der Waals surface area contributed by atoms with Crippen molar-refractivity contribution in [3.05, 3.63) is 54.1 Å². The van der Waals surface area contributed by atoms with Gasteiger partial charge in [-0.15, -0.1) is 0 Å². The number of hydrogen-bond donors (Lipinski definition) is 2. The molecule has 0 saturated heterocycles. The second-order valence-corrected chi connectivity index (χ2v) is 4.79. The monoisotopic (exact) mass is 271 g/mol. The molecule has 0 aliphatic carbocycles. The van der Waals surface area contributed by atoms with E-state index in [1.54, 1.807) is 0 Å². The summed E-state index contributed by atoms with van der Waals surface area (Å²) < 4.78 is 0. The largest absolute Gasteiger partial charge is 0.395 e. The van der Waals surface area contributed by atoms with Crippen LogP contribution >= 0.6 is 0 Å². The molecule has 106 valence electrons. The Labute approximate surface area is 119 Å². The van der Waals surface area contributed by atoms with E-state index in [1.807, 2.05) is 18.2 Å². The van der Waals surface area contributed by atoms with Crippen molar-refractivity contribution in [1.29, 1.82) is 0 Å². The fraction of sp³-hybridized carbons (Fsp3) is 0.294. The quantitative estimate of drug-likeness (QED) is 0.812. The molecule has 0 unspecified atom stereocenters. The lowest BCUT2D eigenvalue weighted by atomic mass is 9.99. The molecular formula is C17H21NO2. The van der Waals surface area contributed by atoms with Gasteiger partial charge in [-0.25, -0.2) is 0 Å². The molecular weight excluding hydrogens is 250 g/mol. The van der Waals surface area contributed by atoms with Gasteiger partial charge in [0.05, 0.1) is 13.2 Å². The number of aliphatic hydroxyl groups is 2. The Morgan fingerprint density at radius 3 is 2.20 bits per heavy atom. The zero-order valence-corrected chi connectivity index (χ0v) is 11.6. The average molecular weight is 271 g/mol. The van der Waals surface area contributed by atoms with Crippen molar-refractivity contribution in [1.82, 2.24) is 4.90 Å². The van der Waals surface area contributed by atoms with Gasteiger partial charge in [0.25, 0.3) is 0 Å². The molecule has 0 atom stereocenters. The topological polar surface area (TPSA) is 43.7 Å². The SMILES string of the molecule is C=Cc1ccc(CN(CCO)CCO)c2ccccc12. The maximum Gasteiger partial charge on any atom is 0.0558 e. The number of benzene rings is 2. The van der Waals surface area contributed by atoms with Gasteiger partial charge in [-0.2, -0.15) is 0 Å². The highest BCUT2D eigenvalue weighted by Crippen LogP contribution is 2.24. The lowest BCUT2D eigenvalue weighted by Crippen LogP contribution is -2.29. The minimum atomic E-state index is 0.0999. The second-order valence-electron chi connectivity index (χ2n) is 4.79.